The molecule has 0 radical (unpaired) electrons. The molecule has 2 bridgehead atoms. The van der Waals surface area contributed by atoms with Crippen molar-refractivity contribution < 1.29 is 4.79 Å². The van der Waals surface area contributed by atoms with Crippen molar-refractivity contribution in [3.63, 3.8) is 0 Å². The normalized spacial score (nSPS) is 27.2. The Morgan fingerprint density at radius 3 is 2.29 bits per heavy atom. The van der Waals surface area contributed by atoms with Crippen LogP contribution in [0.3, 0.4) is 0 Å². The first-order chi connectivity index (χ1) is 11.5. The largest absolute Gasteiger partial charge is 0.355 e. The summed E-state index contributed by atoms with van der Waals surface area (Å²) in [6.07, 6.45) is 9.43. The zero-order valence-corrected chi connectivity index (χ0v) is 15.5. The van der Waals surface area contributed by atoms with E-state index in [1.165, 1.54) is 12.8 Å². The van der Waals surface area contributed by atoms with Crippen LogP contribution in [0, 0.1) is 11.8 Å². The van der Waals surface area contributed by atoms with Gasteiger partial charge in [0.15, 0.2) is 0 Å². The summed E-state index contributed by atoms with van der Waals surface area (Å²) in [7, 11) is 0. The fraction of sp³-hybridized carbons (Fsp3) is 0.750. The molecule has 4 heteroatoms. The number of nitrogens with zero attached hydrogens (tertiary/aromatic N) is 1. The van der Waals surface area contributed by atoms with Crippen molar-refractivity contribution in [3.8, 4) is 0 Å². The van der Waals surface area contributed by atoms with Gasteiger partial charge in [0.2, 0.25) is 5.91 Å². The van der Waals surface area contributed by atoms with Gasteiger partial charge in [0, 0.05) is 44.2 Å². The van der Waals surface area contributed by atoms with Crippen molar-refractivity contribution in [1.29, 1.82) is 0 Å². The van der Waals surface area contributed by atoms with E-state index in [-0.39, 0.29) is 5.91 Å². The van der Waals surface area contributed by atoms with E-state index in [1.54, 1.807) is 0 Å². The minimum Gasteiger partial charge on any atom is -0.355 e. The SMILES string of the molecule is C=CCN(CC=C)C(CNC(=O)CC1CC2CCC(C1)N2)C(C)C. The summed E-state index contributed by atoms with van der Waals surface area (Å²) >= 11 is 0. The molecule has 0 aromatic heterocycles. The van der Waals surface area contributed by atoms with E-state index in [1.807, 2.05) is 12.2 Å². The molecule has 0 aliphatic carbocycles. The monoisotopic (exact) mass is 333 g/mol. The van der Waals surface area contributed by atoms with Crippen LogP contribution in [0.15, 0.2) is 25.3 Å². The highest BCUT2D eigenvalue weighted by molar-refractivity contribution is 5.76. The van der Waals surface area contributed by atoms with Gasteiger partial charge in [-0.3, -0.25) is 9.69 Å². The lowest BCUT2D eigenvalue weighted by molar-refractivity contribution is -0.122. The maximum absolute atomic E-state index is 12.4. The van der Waals surface area contributed by atoms with E-state index < -0.39 is 0 Å². The van der Waals surface area contributed by atoms with Crippen LogP contribution in [0.25, 0.3) is 0 Å². The molecule has 0 aromatic carbocycles. The lowest BCUT2D eigenvalue weighted by Crippen LogP contribution is -2.47. The summed E-state index contributed by atoms with van der Waals surface area (Å²) < 4.78 is 0. The van der Waals surface area contributed by atoms with E-state index in [2.05, 4.69) is 42.5 Å². The van der Waals surface area contributed by atoms with Gasteiger partial charge in [-0.05, 0) is 37.5 Å². The standard InChI is InChI=1S/C20H35N3O/c1-5-9-23(10-6-2)19(15(3)4)14-21-20(24)13-16-11-17-7-8-18(12-16)22-17/h5-6,15-19,22H,1-2,7-14H2,3-4H3,(H,21,24). The molecule has 0 spiro atoms. The smallest absolute Gasteiger partial charge is 0.220 e. The zero-order chi connectivity index (χ0) is 17.5. The molecular weight excluding hydrogens is 298 g/mol. The highest BCUT2D eigenvalue weighted by Crippen LogP contribution is 2.32. The van der Waals surface area contributed by atoms with Gasteiger partial charge in [0.1, 0.15) is 0 Å². The topological polar surface area (TPSA) is 44.4 Å². The fourth-order valence-electron chi connectivity index (χ4n) is 4.36. The first-order valence-electron chi connectivity index (χ1n) is 9.52. The molecule has 2 N–H and O–H groups in total. The first kappa shape index (κ1) is 19.2. The van der Waals surface area contributed by atoms with Gasteiger partial charge < -0.3 is 10.6 Å². The van der Waals surface area contributed by atoms with Crippen LogP contribution in [0.1, 0.15) is 46.0 Å². The zero-order valence-electron chi connectivity index (χ0n) is 15.5. The van der Waals surface area contributed by atoms with Crippen LogP contribution in [0.2, 0.25) is 0 Å². The van der Waals surface area contributed by atoms with E-state index >= 15 is 0 Å². The predicted octanol–water partition coefficient (Wildman–Crippen LogP) is 2.72. The third-order valence-corrected chi connectivity index (χ3v) is 5.52. The quantitative estimate of drug-likeness (QED) is 0.604. The molecule has 2 aliphatic rings. The first-order valence-corrected chi connectivity index (χ1v) is 9.52. The maximum atomic E-state index is 12.4. The van der Waals surface area contributed by atoms with Crippen molar-refractivity contribution in [1.82, 2.24) is 15.5 Å². The number of amides is 1. The average Bonchev–Trinajstić information content (AvgIpc) is 2.86. The molecule has 3 unspecified atom stereocenters. The fourth-order valence-corrected chi connectivity index (χ4v) is 4.36. The van der Waals surface area contributed by atoms with Crippen LogP contribution in [0.4, 0.5) is 0 Å². The molecule has 2 fully saturated rings. The average molecular weight is 334 g/mol. The third-order valence-electron chi connectivity index (χ3n) is 5.52. The molecule has 136 valence electrons. The second-order valence-electron chi connectivity index (χ2n) is 7.83. The molecule has 0 aromatic rings. The van der Waals surface area contributed by atoms with E-state index in [0.717, 1.165) is 25.9 Å². The Morgan fingerprint density at radius 2 is 1.79 bits per heavy atom. The minimum atomic E-state index is 0.212. The molecular formula is C20H35N3O. The molecule has 2 heterocycles. The Bertz CT molecular complexity index is 413. The second kappa shape index (κ2) is 9.38. The van der Waals surface area contributed by atoms with E-state index in [9.17, 15) is 4.79 Å². The number of hydrogen-bond donors (Lipinski definition) is 2. The van der Waals surface area contributed by atoms with Gasteiger partial charge in [-0.25, -0.2) is 0 Å². The number of piperidine rings is 1. The summed E-state index contributed by atoms with van der Waals surface area (Å²) in [5.41, 5.74) is 0. The summed E-state index contributed by atoms with van der Waals surface area (Å²) in [5.74, 6) is 1.24. The van der Waals surface area contributed by atoms with Crippen LogP contribution in [0.5, 0.6) is 0 Å². The third kappa shape index (κ3) is 5.45. The summed E-state index contributed by atoms with van der Waals surface area (Å²) in [4.78, 5) is 14.7. The Labute approximate surface area is 147 Å². The van der Waals surface area contributed by atoms with Gasteiger partial charge in [-0.2, -0.15) is 0 Å². The van der Waals surface area contributed by atoms with Gasteiger partial charge in [-0.15, -0.1) is 13.2 Å². The molecule has 0 saturated carbocycles. The summed E-state index contributed by atoms with van der Waals surface area (Å²) in [5, 5.41) is 6.83. The predicted molar refractivity (Wildman–Crippen MR) is 101 cm³/mol. The highest BCUT2D eigenvalue weighted by Gasteiger charge is 2.34. The van der Waals surface area contributed by atoms with Crippen molar-refractivity contribution in [2.75, 3.05) is 19.6 Å². The van der Waals surface area contributed by atoms with Gasteiger partial charge in [0.05, 0.1) is 0 Å². The number of nitrogens with one attached hydrogen (secondary N) is 2. The van der Waals surface area contributed by atoms with Gasteiger partial charge in [-0.1, -0.05) is 26.0 Å². The molecule has 24 heavy (non-hydrogen) atoms. The van der Waals surface area contributed by atoms with Gasteiger partial charge >= 0.3 is 0 Å². The van der Waals surface area contributed by atoms with Crippen molar-refractivity contribution in [2.45, 2.75) is 64.1 Å². The molecule has 2 rings (SSSR count). The lowest BCUT2D eigenvalue weighted by Gasteiger charge is -2.33. The van der Waals surface area contributed by atoms with Crippen molar-refractivity contribution >= 4 is 5.91 Å². The van der Waals surface area contributed by atoms with E-state index in [0.29, 0.717) is 42.9 Å². The number of carbonyl (C=O) groups excluding carboxylic acids is 1. The second-order valence-corrected chi connectivity index (χ2v) is 7.83. The Balaban J connectivity index is 1.80. The summed E-state index contributed by atoms with van der Waals surface area (Å²) in [6.45, 7) is 14.5. The Kier molecular flexibility index (Phi) is 7.50. The number of carbonyl (C=O) groups is 1. The molecule has 2 saturated heterocycles. The Morgan fingerprint density at radius 1 is 1.21 bits per heavy atom. The van der Waals surface area contributed by atoms with Crippen LogP contribution in [-0.2, 0) is 4.79 Å². The van der Waals surface area contributed by atoms with Crippen LogP contribution >= 0.6 is 0 Å². The van der Waals surface area contributed by atoms with Crippen molar-refractivity contribution in [2.24, 2.45) is 11.8 Å². The number of fused-ring (bicyclic) bond motifs is 2. The Hall–Kier alpha value is -1.13. The molecule has 3 atom stereocenters. The highest BCUT2D eigenvalue weighted by atomic mass is 16.1. The van der Waals surface area contributed by atoms with E-state index in [4.69, 9.17) is 0 Å². The minimum absolute atomic E-state index is 0.212. The van der Waals surface area contributed by atoms with Crippen LogP contribution < -0.4 is 10.6 Å². The van der Waals surface area contributed by atoms with Crippen molar-refractivity contribution in [3.05, 3.63) is 25.3 Å². The lowest BCUT2D eigenvalue weighted by atomic mass is 9.89. The summed E-state index contributed by atoms with van der Waals surface area (Å²) in [6, 6.07) is 1.62. The molecule has 2 aliphatic heterocycles. The number of hydrogen-bond acceptors (Lipinski definition) is 3. The molecule has 1 amide bonds. The van der Waals surface area contributed by atoms with Gasteiger partial charge in [0.25, 0.3) is 0 Å². The van der Waals surface area contributed by atoms with Crippen LogP contribution in [-0.4, -0.2) is 48.6 Å². The maximum Gasteiger partial charge on any atom is 0.220 e. The number of rotatable bonds is 10. The molecule has 4 nitrogen and oxygen atoms in total.